The van der Waals surface area contributed by atoms with Gasteiger partial charge in [0.25, 0.3) is 5.91 Å². The molecule has 92 valence electrons. The monoisotopic (exact) mass is 296 g/mol. The second-order valence-electron chi connectivity index (χ2n) is 4.51. The SMILES string of the molecule is N[C@@H]1CCCC[C@H]1NC(=O)c1ccccc1Br. The van der Waals surface area contributed by atoms with Gasteiger partial charge in [0.2, 0.25) is 0 Å². The summed E-state index contributed by atoms with van der Waals surface area (Å²) in [6.07, 6.45) is 4.30. The minimum atomic E-state index is -0.0418. The Morgan fingerprint density at radius 3 is 2.71 bits per heavy atom. The molecule has 2 rings (SSSR count). The Morgan fingerprint density at radius 1 is 1.29 bits per heavy atom. The lowest BCUT2D eigenvalue weighted by Gasteiger charge is -2.29. The number of amides is 1. The van der Waals surface area contributed by atoms with Crippen LogP contribution in [0.3, 0.4) is 0 Å². The maximum Gasteiger partial charge on any atom is 0.252 e. The molecule has 0 saturated heterocycles. The van der Waals surface area contributed by atoms with Crippen molar-refractivity contribution in [1.29, 1.82) is 0 Å². The fourth-order valence-electron chi connectivity index (χ4n) is 2.23. The molecule has 1 fully saturated rings. The topological polar surface area (TPSA) is 55.1 Å². The molecule has 0 aromatic heterocycles. The first-order chi connectivity index (χ1) is 8.18. The number of halogens is 1. The highest BCUT2D eigenvalue weighted by Gasteiger charge is 2.24. The molecule has 3 nitrogen and oxygen atoms in total. The largest absolute Gasteiger partial charge is 0.348 e. The Bertz CT molecular complexity index is 408. The van der Waals surface area contributed by atoms with Crippen LogP contribution in [0.4, 0.5) is 0 Å². The number of carbonyl (C=O) groups excluding carboxylic acids is 1. The number of benzene rings is 1. The van der Waals surface area contributed by atoms with E-state index in [0.29, 0.717) is 5.56 Å². The molecular weight excluding hydrogens is 280 g/mol. The number of carbonyl (C=O) groups is 1. The molecule has 0 unspecified atom stereocenters. The van der Waals surface area contributed by atoms with E-state index in [2.05, 4.69) is 21.2 Å². The molecule has 0 spiro atoms. The van der Waals surface area contributed by atoms with Crippen molar-refractivity contribution in [3.63, 3.8) is 0 Å². The Morgan fingerprint density at radius 2 is 2.00 bits per heavy atom. The number of rotatable bonds is 2. The van der Waals surface area contributed by atoms with Crippen LogP contribution in [-0.2, 0) is 0 Å². The zero-order valence-corrected chi connectivity index (χ0v) is 11.2. The molecule has 1 saturated carbocycles. The smallest absolute Gasteiger partial charge is 0.252 e. The summed E-state index contributed by atoms with van der Waals surface area (Å²) in [5.41, 5.74) is 6.69. The molecule has 1 aliphatic rings. The van der Waals surface area contributed by atoms with Crippen LogP contribution in [0.2, 0.25) is 0 Å². The fourth-order valence-corrected chi connectivity index (χ4v) is 2.70. The van der Waals surface area contributed by atoms with Crippen molar-refractivity contribution in [3.8, 4) is 0 Å². The first-order valence-electron chi connectivity index (χ1n) is 5.99. The average molecular weight is 297 g/mol. The van der Waals surface area contributed by atoms with Crippen LogP contribution in [0.15, 0.2) is 28.7 Å². The molecule has 3 N–H and O–H groups in total. The molecule has 1 aromatic carbocycles. The molecular formula is C13H17BrN2O. The molecule has 1 aromatic rings. The summed E-state index contributed by atoms with van der Waals surface area (Å²) < 4.78 is 0.821. The van der Waals surface area contributed by atoms with Crippen LogP contribution in [0.1, 0.15) is 36.0 Å². The lowest BCUT2D eigenvalue weighted by Crippen LogP contribution is -2.49. The summed E-state index contributed by atoms with van der Waals surface area (Å²) in [5.74, 6) is -0.0418. The quantitative estimate of drug-likeness (QED) is 0.881. The summed E-state index contributed by atoms with van der Waals surface area (Å²) in [5, 5.41) is 3.03. The summed E-state index contributed by atoms with van der Waals surface area (Å²) >= 11 is 3.38. The van der Waals surface area contributed by atoms with Crippen LogP contribution in [0.5, 0.6) is 0 Å². The van der Waals surface area contributed by atoms with Gasteiger partial charge in [-0.1, -0.05) is 25.0 Å². The first-order valence-corrected chi connectivity index (χ1v) is 6.79. The first kappa shape index (κ1) is 12.6. The Hall–Kier alpha value is -0.870. The van der Waals surface area contributed by atoms with Crippen molar-refractivity contribution < 1.29 is 4.79 Å². The third kappa shape index (κ3) is 3.07. The molecule has 4 heteroatoms. The van der Waals surface area contributed by atoms with Gasteiger partial charge >= 0.3 is 0 Å². The van der Waals surface area contributed by atoms with Crippen LogP contribution < -0.4 is 11.1 Å². The van der Waals surface area contributed by atoms with Gasteiger partial charge in [-0.15, -0.1) is 0 Å². The number of nitrogens with one attached hydrogen (secondary N) is 1. The van der Waals surface area contributed by atoms with Gasteiger partial charge in [-0.3, -0.25) is 4.79 Å². The van der Waals surface area contributed by atoms with E-state index in [-0.39, 0.29) is 18.0 Å². The van der Waals surface area contributed by atoms with Crippen molar-refractivity contribution in [1.82, 2.24) is 5.32 Å². The van der Waals surface area contributed by atoms with E-state index in [1.54, 1.807) is 0 Å². The van der Waals surface area contributed by atoms with E-state index in [9.17, 15) is 4.79 Å². The van der Waals surface area contributed by atoms with E-state index < -0.39 is 0 Å². The molecule has 0 heterocycles. The average Bonchev–Trinajstić information content (AvgIpc) is 2.32. The number of hydrogen-bond donors (Lipinski definition) is 2. The van der Waals surface area contributed by atoms with E-state index >= 15 is 0 Å². The van der Waals surface area contributed by atoms with Gasteiger partial charge in [-0.05, 0) is 40.9 Å². The van der Waals surface area contributed by atoms with Crippen molar-refractivity contribution in [2.45, 2.75) is 37.8 Å². The van der Waals surface area contributed by atoms with Gasteiger partial charge < -0.3 is 11.1 Å². The van der Waals surface area contributed by atoms with E-state index in [4.69, 9.17) is 5.73 Å². The van der Waals surface area contributed by atoms with Crippen LogP contribution in [0, 0.1) is 0 Å². The summed E-state index contributed by atoms with van der Waals surface area (Å²) in [7, 11) is 0. The second kappa shape index (κ2) is 5.65. The Balaban J connectivity index is 2.04. The normalized spacial score (nSPS) is 24.4. The van der Waals surface area contributed by atoms with Crippen LogP contribution in [0.25, 0.3) is 0 Å². The maximum atomic E-state index is 12.1. The van der Waals surface area contributed by atoms with Crippen molar-refractivity contribution in [2.24, 2.45) is 5.73 Å². The molecule has 17 heavy (non-hydrogen) atoms. The molecule has 0 bridgehead atoms. The highest BCUT2D eigenvalue weighted by atomic mass is 79.9. The van der Waals surface area contributed by atoms with E-state index in [1.165, 1.54) is 6.42 Å². The highest BCUT2D eigenvalue weighted by molar-refractivity contribution is 9.10. The van der Waals surface area contributed by atoms with Crippen LogP contribution in [-0.4, -0.2) is 18.0 Å². The second-order valence-corrected chi connectivity index (χ2v) is 5.36. The van der Waals surface area contributed by atoms with Gasteiger partial charge in [0.05, 0.1) is 5.56 Å². The van der Waals surface area contributed by atoms with E-state index in [0.717, 1.165) is 23.7 Å². The number of nitrogens with two attached hydrogens (primary N) is 1. The third-order valence-electron chi connectivity index (χ3n) is 3.25. The Labute approximate surface area is 110 Å². The summed E-state index contributed by atoms with van der Waals surface area (Å²) in [6, 6.07) is 7.65. The van der Waals surface area contributed by atoms with Gasteiger partial charge in [-0.25, -0.2) is 0 Å². The molecule has 1 aliphatic carbocycles. The van der Waals surface area contributed by atoms with Gasteiger partial charge in [-0.2, -0.15) is 0 Å². The zero-order valence-electron chi connectivity index (χ0n) is 9.66. The van der Waals surface area contributed by atoms with Gasteiger partial charge in [0.1, 0.15) is 0 Å². The summed E-state index contributed by atoms with van der Waals surface area (Å²) in [6.45, 7) is 0. The van der Waals surface area contributed by atoms with E-state index in [1.807, 2.05) is 24.3 Å². The maximum absolute atomic E-state index is 12.1. The standard InChI is InChI=1S/C13H17BrN2O/c14-10-6-2-1-5-9(10)13(17)16-12-8-4-3-7-11(12)15/h1-2,5-6,11-12H,3-4,7-8,15H2,(H,16,17)/t11-,12-/m1/s1. The third-order valence-corrected chi connectivity index (χ3v) is 3.95. The molecule has 1 amide bonds. The molecule has 0 radical (unpaired) electrons. The predicted octanol–water partition coefficient (Wildman–Crippen LogP) is 2.45. The minimum Gasteiger partial charge on any atom is -0.348 e. The number of hydrogen-bond acceptors (Lipinski definition) is 2. The zero-order chi connectivity index (χ0) is 12.3. The lowest BCUT2D eigenvalue weighted by molar-refractivity contribution is 0.0920. The minimum absolute atomic E-state index is 0.0418. The summed E-state index contributed by atoms with van der Waals surface area (Å²) in [4.78, 5) is 12.1. The lowest BCUT2D eigenvalue weighted by atomic mass is 9.91. The molecule has 2 atom stereocenters. The highest BCUT2D eigenvalue weighted by Crippen LogP contribution is 2.19. The fraction of sp³-hybridized carbons (Fsp3) is 0.462. The van der Waals surface area contributed by atoms with Crippen molar-refractivity contribution >= 4 is 21.8 Å². The van der Waals surface area contributed by atoms with Crippen LogP contribution >= 0.6 is 15.9 Å². The van der Waals surface area contributed by atoms with Gasteiger partial charge in [0, 0.05) is 16.6 Å². The predicted molar refractivity (Wildman–Crippen MR) is 71.8 cm³/mol. The molecule has 0 aliphatic heterocycles. The van der Waals surface area contributed by atoms with Gasteiger partial charge in [0.15, 0.2) is 0 Å². The van der Waals surface area contributed by atoms with Crippen molar-refractivity contribution in [2.75, 3.05) is 0 Å². The Kier molecular flexibility index (Phi) is 4.18. The van der Waals surface area contributed by atoms with Crippen molar-refractivity contribution in [3.05, 3.63) is 34.3 Å².